The normalized spacial score (nSPS) is 10.6. The summed E-state index contributed by atoms with van der Waals surface area (Å²) in [6.45, 7) is 1.97. The van der Waals surface area contributed by atoms with Gasteiger partial charge in [-0.2, -0.15) is 10.1 Å². The van der Waals surface area contributed by atoms with E-state index in [-0.39, 0.29) is 11.6 Å². The van der Waals surface area contributed by atoms with Crippen LogP contribution in [0.3, 0.4) is 0 Å². The summed E-state index contributed by atoms with van der Waals surface area (Å²) in [5.41, 5.74) is 2.67. The van der Waals surface area contributed by atoms with E-state index in [0.717, 1.165) is 11.3 Å². The van der Waals surface area contributed by atoms with Gasteiger partial charge in [-0.1, -0.05) is 6.07 Å². The Hall–Kier alpha value is -4.34. The van der Waals surface area contributed by atoms with Crippen LogP contribution >= 0.6 is 0 Å². The fourth-order valence-electron chi connectivity index (χ4n) is 3.16. The summed E-state index contributed by atoms with van der Waals surface area (Å²) in [6, 6.07) is 12.6. The first-order valence-electron chi connectivity index (χ1n) is 9.69. The van der Waals surface area contributed by atoms with Crippen molar-refractivity contribution in [2.24, 2.45) is 0 Å². The van der Waals surface area contributed by atoms with Crippen LogP contribution in [-0.4, -0.2) is 52.2 Å². The van der Waals surface area contributed by atoms with Crippen molar-refractivity contribution in [3.05, 3.63) is 59.9 Å². The molecule has 10 heteroatoms. The van der Waals surface area contributed by atoms with E-state index >= 15 is 0 Å². The highest BCUT2D eigenvalue weighted by Gasteiger charge is 2.17. The van der Waals surface area contributed by atoms with Crippen molar-refractivity contribution in [2.75, 3.05) is 26.6 Å². The predicted octanol–water partition coefficient (Wildman–Crippen LogP) is 3.24. The summed E-state index contributed by atoms with van der Waals surface area (Å²) in [5, 5.41) is 13.9. The third-order valence-electron chi connectivity index (χ3n) is 4.78. The zero-order chi connectivity index (χ0) is 22.7. The van der Waals surface area contributed by atoms with Crippen LogP contribution in [0.1, 0.15) is 16.1 Å². The molecule has 0 radical (unpaired) electrons. The molecule has 0 unspecified atom stereocenters. The number of carbonyl (C=O) groups is 1. The van der Waals surface area contributed by atoms with Crippen LogP contribution in [0.4, 0.5) is 5.95 Å². The third-order valence-corrected chi connectivity index (χ3v) is 4.78. The molecular weight excluding hydrogens is 412 g/mol. The molecule has 0 bridgehead atoms. The molecule has 0 fully saturated rings. The van der Waals surface area contributed by atoms with Gasteiger partial charge in [0, 0.05) is 12.3 Å². The molecule has 2 N–H and O–H groups in total. The summed E-state index contributed by atoms with van der Waals surface area (Å²) in [7, 11) is 4.72. The number of aromatic amines is 1. The standard InChI is InChI=1S/C22H22N6O4/c1-13-5-8-18(31-3)17(11-13)28-10-9-16(27-28)21(29)24-22-23-20(25-26-22)15-7-6-14(30-2)12-19(15)32-4/h5-12H,1-4H3,(H2,23,24,25,26,29). The lowest BCUT2D eigenvalue weighted by atomic mass is 10.2. The van der Waals surface area contributed by atoms with Gasteiger partial charge < -0.3 is 14.2 Å². The lowest BCUT2D eigenvalue weighted by Crippen LogP contribution is -2.14. The number of carbonyl (C=O) groups excluding carboxylic acids is 1. The molecule has 0 saturated carbocycles. The van der Waals surface area contributed by atoms with Crippen molar-refractivity contribution >= 4 is 11.9 Å². The van der Waals surface area contributed by atoms with Crippen molar-refractivity contribution in [3.63, 3.8) is 0 Å². The van der Waals surface area contributed by atoms with Gasteiger partial charge in [0.15, 0.2) is 11.5 Å². The lowest BCUT2D eigenvalue weighted by molar-refractivity contribution is 0.102. The van der Waals surface area contributed by atoms with E-state index in [4.69, 9.17) is 14.2 Å². The number of rotatable bonds is 7. The van der Waals surface area contributed by atoms with Gasteiger partial charge in [0.05, 0.1) is 26.9 Å². The number of aryl methyl sites for hydroxylation is 1. The van der Waals surface area contributed by atoms with Crippen molar-refractivity contribution in [2.45, 2.75) is 6.92 Å². The number of amides is 1. The monoisotopic (exact) mass is 434 g/mol. The second-order valence-corrected chi connectivity index (χ2v) is 6.85. The highest BCUT2D eigenvalue weighted by atomic mass is 16.5. The maximum Gasteiger partial charge on any atom is 0.278 e. The predicted molar refractivity (Wildman–Crippen MR) is 118 cm³/mol. The summed E-state index contributed by atoms with van der Waals surface area (Å²) >= 11 is 0. The number of hydrogen-bond donors (Lipinski definition) is 2. The zero-order valence-electron chi connectivity index (χ0n) is 18.0. The fourth-order valence-corrected chi connectivity index (χ4v) is 3.16. The molecule has 32 heavy (non-hydrogen) atoms. The first-order chi connectivity index (χ1) is 15.5. The molecule has 0 aliphatic heterocycles. The van der Waals surface area contributed by atoms with Gasteiger partial charge in [-0.25, -0.2) is 4.68 Å². The van der Waals surface area contributed by atoms with Crippen molar-refractivity contribution in [1.29, 1.82) is 0 Å². The highest BCUT2D eigenvalue weighted by Crippen LogP contribution is 2.31. The van der Waals surface area contributed by atoms with E-state index in [0.29, 0.717) is 28.6 Å². The minimum atomic E-state index is -0.442. The van der Waals surface area contributed by atoms with Gasteiger partial charge in [-0.15, -0.1) is 5.10 Å². The summed E-state index contributed by atoms with van der Waals surface area (Å²) in [6.07, 6.45) is 1.69. The fraction of sp³-hybridized carbons (Fsp3) is 0.182. The van der Waals surface area contributed by atoms with Crippen LogP contribution in [0, 0.1) is 6.92 Å². The number of aromatic nitrogens is 5. The number of methoxy groups -OCH3 is 3. The average molecular weight is 434 g/mol. The molecule has 0 atom stereocenters. The zero-order valence-corrected chi connectivity index (χ0v) is 18.0. The van der Waals surface area contributed by atoms with Crippen LogP contribution < -0.4 is 19.5 Å². The van der Waals surface area contributed by atoms with Crippen LogP contribution in [0.2, 0.25) is 0 Å². The molecule has 0 aliphatic carbocycles. The van der Waals surface area contributed by atoms with Crippen LogP contribution in [0.25, 0.3) is 17.1 Å². The Morgan fingerprint density at radius 1 is 1.00 bits per heavy atom. The van der Waals surface area contributed by atoms with E-state index in [9.17, 15) is 4.79 Å². The number of nitrogens with zero attached hydrogens (tertiary/aromatic N) is 4. The maximum absolute atomic E-state index is 12.7. The second kappa shape index (κ2) is 8.80. The van der Waals surface area contributed by atoms with Gasteiger partial charge in [0.25, 0.3) is 5.91 Å². The summed E-state index contributed by atoms with van der Waals surface area (Å²) in [5.74, 6) is 1.98. The van der Waals surface area contributed by atoms with E-state index in [2.05, 4.69) is 25.6 Å². The van der Waals surface area contributed by atoms with Gasteiger partial charge in [-0.3, -0.25) is 15.2 Å². The van der Waals surface area contributed by atoms with Gasteiger partial charge >= 0.3 is 0 Å². The van der Waals surface area contributed by atoms with Gasteiger partial charge in [0.1, 0.15) is 22.9 Å². The molecule has 2 heterocycles. The second-order valence-electron chi connectivity index (χ2n) is 6.85. The highest BCUT2D eigenvalue weighted by molar-refractivity contribution is 6.01. The number of benzene rings is 2. The number of H-pyrrole nitrogens is 1. The molecule has 4 aromatic rings. The van der Waals surface area contributed by atoms with E-state index in [1.807, 2.05) is 25.1 Å². The number of ether oxygens (including phenoxy) is 3. The van der Waals surface area contributed by atoms with E-state index in [1.165, 1.54) is 0 Å². The largest absolute Gasteiger partial charge is 0.497 e. The summed E-state index contributed by atoms with van der Waals surface area (Å²) < 4.78 is 17.6. The first kappa shape index (κ1) is 20.9. The molecular formula is C22H22N6O4. The number of anilines is 1. The number of hydrogen-bond acceptors (Lipinski definition) is 7. The molecule has 1 amide bonds. The van der Waals surface area contributed by atoms with Crippen LogP contribution in [0.15, 0.2) is 48.7 Å². The quantitative estimate of drug-likeness (QED) is 0.459. The van der Waals surface area contributed by atoms with Crippen molar-refractivity contribution < 1.29 is 19.0 Å². The van der Waals surface area contributed by atoms with Gasteiger partial charge in [0.2, 0.25) is 5.95 Å². The number of nitrogens with one attached hydrogen (secondary N) is 2. The van der Waals surface area contributed by atoms with Crippen molar-refractivity contribution in [3.8, 4) is 34.3 Å². The molecule has 0 saturated heterocycles. The lowest BCUT2D eigenvalue weighted by Gasteiger charge is -2.09. The Labute approximate surface area is 184 Å². The Bertz CT molecular complexity index is 1260. The Balaban J connectivity index is 1.53. The van der Waals surface area contributed by atoms with E-state index < -0.39 is 5.91 Å². The molecule has 164 valence electrons. The molecule has 0 aliphatic rings. The maximum atomic E-state index is 12.7. The molecule has 0 spiro atoms. The topological polar surface area (TPSA) is 116 Å². The molecule has 4 rings (SSSR count). The van der Waals surface area contributed by atoms with Crippen LogP contribution in [0.5, 0.6) is 17.2 Å². The summed E-state index contributed by atoms with van der Waals surface area (Å²) in [4.78, 5) is 17.0. The minimum Gasteiger partial charge on any atom is -0.497 e. The molecule has 2 aromatic heterocycles. The smallest absolute Gasteiger partial charge is 0.278 e. The van der Waals surface area contributed by atoms with E-state index in [1.54, 1.807) is 56.5 Å². The first-order valence-corrected chi connectivity index (χ1v) is 9.69. The van der Waals surface area contributed by atoms with Crippen LogP contribution in [-0.2, 0) is 0 Å². The molecule has 2 aromatic carbocycles. The Morgan fingerprint density at radius 3 is 2.56 bits per heavy atom. The molecule has 10 nitrogen and oxygen atoms in total. The SMILES string of the molecule is COc1ccc(-c2nc(NC(=O)c3ccn(-c4cc(C)ccc4OC)n3)n[nH]2)c(OC)c1. The third kappa shape index (κ3) is 4.10. The Morgan fingerprint density at radius 2 is 1.81 bits per heavy atom. The minimum absolute atomic E-state index is 0.116. The van der Waals surface area contributed by atoms with Gasteiger partial charge in [-0.05, 0) is 42.8 Å². The Kier molecular flexibility index (Phi) is 5.75. The van der Waals surface area contributed by atoms with Crippen molar-refractivity contribution in [1.82, 2.24) is 25.0 Å². The average Bonchev–Trinajstić information content (AvgIpc) is 3.48.